The summed E-state index contributed by atoms with van der Waals surface area (Å²) in [6, 6.07) is 5.65. The molecule has 0 nitrogen and oxygen atoms in total. The Labute approximate surface area is 91.5 Å². The molecule has 0 radical (unpaired) electrons. The van der Waals surface area contributed by atoms with Crippen LogP contribution in [0.15, 0.2) is 18.2 Å². The molecule has 82 valence electrons. The molecule has 0 saturated heterocycles. The molecule has 1 aromatic rings. The lowest BCUT2D eigenvalue weighted by molar-refractivity contribution is 0.273. The fourth-order valence-corrected chi connectivity index (χ4v) is 2.45. The van der Waals surface area contributed by atoms with Crippen LogP contribution in [-0.2, 0) is 6.42 Å². The molecule has 2 atom stereocenters. The summed E-state index contributed by atoms with van der Waals surface area (Å²) < 4.78 is 13.7. The fraction of sp³-hybridized carbons (Fsp3) is 0.571. The second-order valence-electron chi connectivity index (χ2n) is 4.77. The van der Waals surface area contributed by atoms with Crippen LogP contribution in [0.1, 0.15) is 50.2 Å². The molecule has 2 rings (SSSR count). The minimum absolute atomic E-state index is 0.00796. The van der Waals surface area contributed by atoms with E-state index in [0.29, 0.717) is 11.8 Å². The standard InChI is InChI=1S/C14H19F/c1-3-4-11-6-8-14(15)13(9-11)12-7-5-10(12)2/h6,8-10,12H,3-5,7H2,1-2H3. The van der Waals surface area contributed by atoms with Gasteiger partial charge in [0.1, 0.15) is 5.82 Å². The minimum Gasteiger partial charge on any atom is -0.207 e. The number of hydrogen-bond acceptors (Lipinski definition) is 0. The van der Waals surface area contributed by atoms with E-state index in [2.05, 4.69) is 19.9 Å². The Kier molecular flexibility index (Phi) is 3.08. The molecule has 0 bridgehead atoms. The van der Waals surface area contributed by atoms with Gasteiger partial charge >= 0.3 is 0 Å². The maximum Gasteiger partial charge on any atom is 0.126 e. The summed E-state index contributed by atoms with van der Waals surface area (Å²) in [6.07, 6.45) is 4.61. The largest absolute Gasteiger partial charge is 0.207 e. The molecule has 0 heterocycles. The summed E-state index contributed by atoms with van der Waals surface area (Å²) in [6.45, 7) is 4.38. The second-order valence-corrected chi connectivity index (χ2v) is 4.77. The Hall–Kier alpha value is -0.850. The highest BCUT2D eigenvalue weighted by atomic mass is 19.1. The van der Waals surface area contributed by atoms with Crippen molar-refractivity contribution in [3.63, 3.8) is 0 Å². The fourth-order valence-electron chi connectivity index (χ4n) is 2.45. The van der Waals surface area contributed by atoms with E-state index >= 15 is 0 Å². The second kappa shape index (κ2) is 4.34. The average molecular weight is 206 g/mol. The van der Waals surface area contributed by atoms with Crippen LogP contribution in [0.3, 0.4) is 0 Å². The highest BCUT2D eigenvalue weighted by Crippen LogP contribution is 2.43. The van der Waals surface area contributed by atoms with Gasteiger partial charge in [-0.2, -0.15) is 0 Å². The average Bonchev–Trinajstić information content (AvgIpc) is 2.21. The molecule has 1 aliphatic rings. The lowest BCUT2D eigenvalue weighted by Crippen LogP contribution is -2.21. The van der Waals surface area contributed by atoms with Crippen molar-refractivity contribution in [2.24, 2.45) is 5.92 Å². The minimum atomic E-state index is -0.00796. The Morgan fingerprint density at radius 1 is 1.33 bits per heavy atom. The van der Waals surface area contributed by atoms with Gasteiger partial charge in [-0.05, 0) is 48.3 Å². The zero-order chi connectivity index (χ0) is 10.8. The predicted octanol–water partition coefficient (Wildman–Crippen LogP) is 4.29. The van der Waals surface area contributed by atoms with E-state index in [9.17, 15) is 4.39 Å². The van der Waals surface area contributed by atoms with Crippen LogP contribution in [0.25, 0.3) is 0 Å². The zero-order valence-electron chi connectivity index (χ0n) is 9.59. The van der Waals surface area contributed by atoms with Crippen LogP contribution in [0, 0.1) is 11.7 Å². The summed E-state index contributed by atoms with van der Waals surface area (Å²) in [5, 5.41) is 0. The van der Waals surface area contributed by atoms with E-state index in [1.807, 2.05) is 6.07 Å². The van der Waals surface area contributed by atoms with Crippen LogP contribution < -0.4 is 0 Å². The first-order valence-corrected chi connectivity index (χ1v) is 6.00. The highest BCUT2D eigenvalue weighted by Gasteiger charge is 2.30. The van der Waals surface area contributed by atoms with Crippen LogP contribution in [-0.4, -0.2) is 0 Å². The van der Waals surface area contributed by atoms with Gasteiger partial charge < -0.3 is 0 Å². The molecule has 15 heavy (non-hydrogen) atoms. The number of hydrogen-bond donors (Lipinski definition) is 0. The van der Waals surface area contributed by atoms with Gasteiger partial charge in [-0.25, -0.2) is 4.39 Å². The third kappa shape index (κ3) is 2.06. The molecule has 1 aliphatic carbocycles. The number of rotatable bonds is 3. The van der Waals surface area contributed by atoms with Crippen LogP contribution in [0.2, 0.25) is 0 Å². The Bertz CT molecular complexity index is 343. The van der Waals surface area contributed by atoms with Gasteiger partial charge in [-0.3, -0.25) is 0 Å². The van der Waals surface area contributed by atoms with Gasteiger partial charge in [0.25, 0.3) is 0 Å². The molecular weight excluding hydrogens is 187 g/mol. The SMILES string of the molecule is CCCc1ccc(F)c(C2CCC2C)c1. The van der Waals surface area contributed by atoms with Crippen molar-refractivity contribution >= 4 is 0 Å². The summed E-state index contributed by atoms with van der Waals surface area (Å²) >= 11 is 0. The third-order valence-corrected chi connectivity index (χ3v) is 3.62. The first-order chi connectivity index (χ1) is 7.22. The molecule has 1 heteroatoms. The first kappa shape index (κ1) is 10.7. The molecular formula is C14H19F. The zero-order valence-corrected chi connectivity index (χ0v) is 9.59. The van der Waals surface area contributed by atoms with Crippen molar-refractivity contribution in [1.82, 2.24) is 0 Å². The number of halogens is 1. The van der Waals surface area contributed by atoms with E-state index in [1.165, 1.54) is 12.0 Å². The molecule has 0 aliphatic heterocycles. The Morgan fingerprint density at radius 3 is 2.67 bits per heavy atom. The summed E-state index contributed by atoms with van der Waals surface area (Å²) in [4.78, 5) is 0. The van der Waals surface area contributed by atoms with Gasteiger partial charge in [-0.1, -0.05) is 32.4 Å². The molecule has 0 spiro atoms. The van der Waals surface area contributed by atoms with Crippen LogP contribution >= 0.6 is 0 Å². The maximum atomic E-state index is 13.7. The lowest BCUT2D eigenvalue weighted by atomic mass is 9.71. The van der Waals surface area contributed by atoms with Gasteiger partial charge in [0.15, 0.2) is 0 Å². The van der Waals surface area contributed by atoms with Crippen molar-refractivity contribution in [2.45, 2.75) is 45.4 Å². The van der Waals surface area contributed by atoms with Crippen LogP contribution in [0.4, 0.5) is 4.39 Å². The summed E-state index contributed by atoms with van der Waals surface area (Å²) in [7, 11) is 0. The molecule has 0 amide bonds. The van der Waals surface area contributed by atoms with Crippen molar-refractivity contribution in [3.05, 3.63) is 35.1 Å². The maximum absolute atomic E-state index is 13.7. The third-order valence-electron chi connectivity index (χ3n) is 3.62. The molecule has 0 aromatic heterocycles. The quantitative estimate of drug-likeness (QED) is 0.692. The van der Waals surface area contributed by atoms with Crippen LogP contribution in [0.5, 0.6) is 0 Å². The van der Waals surface area contributed by atoms with Gasteiger partial charge in [-0.15, -0.1) is 0 Å². The van der Waals surface area contributed by atoms with Gasteiger partial charge in [0, 0.05) is 0 Å². The molecule has 1 saturated carbocycles. The van der Waals surface area contributed by atoms with Crippen molar-refractivity contribution in [3.8, 4) is 0 Å². The highest BCUT2D eigenvalue weighted by molar-refractivity contribution is 5.30. The first-order valence-electron chi connectivity index (χ1n) is 6.00. The predicted molar refractivity (Wildman–Crippen MR) is 61.5 cm³/mol. The molecule has 2 unspecified atom stereocenters. The smallest absolute Gasteiger partial charge is 0.126 e. The van der Waals surface area contributed by atoms with Gasteiger partial charge in [0.2, 0.25) is 0 Å². The van der Waals surface area contributed by atoms with E-state index in [0.717, 1.165) is 24.8 Å². The number of benzene rings is 1. The monoisotopic (exact) mass is 206 g/mol. The lowest BCUT2D eigenvalue weighted by Gasteiger charge is -2.34. The van der Waals surface area contributed by atoms with E-state index in [1.54, 1.807) is 6.07 Å². The van der Waals surface area contributed by atoms with Crippen molar-refractivity contribution < 1.29 is 4.39 Å². The normalized spacial score (nSPS) is 25.0. The number of aryl methyl sites for hydroxylation is 1. The topological polar surface area (TPSA) is 0 Å². The van der Waals surface area contributed by atoms with Crippen molar-refractivity contribution in [1.29, 1.82) is 0 Å². The van der Waals surface area contributed by atoms with Crippen molar-refractivity contribution in [2.75, 3.05) is 0 Å². The Balaban J connectivity index is 2.24. The van der Waals surface area contributed by atoms with E-state index in [4.69, 9.17) is 0 Å². The molecule has 0 N–H and O–H groups in total. The molecule has 1 fully saturated rings. The van der Waals surface area contributed by atoms with E-state index < -0.39 is 0 Å². The summed E-state index contributed by atoms with van der Waals surface area (Å²) in [5.74, 6) is 1.13. The van der Waals surface area contributed by atoms with E-state index in [-0.39, 0.29) is 5.82 Å². The van der Waals surface area contributed by atoms with Gasteiger partial charge in [0.05, 0.1) is 0 Å². The Morgan fingerprint density at radius 2 is 2.13 bits per heavy atom. The molecule has 1 aromatic carbocycles. The summed E-state index contributed by atoms with van der Waals surface area (Å²) in [5.41, 5.74) is 2.24.